The minimum Gasteiger partial charge on any atom is -0.464 e. The molecule has 1 rings (SSSR count). The summed E-state index contributed by atoms with van der Waals surface area (Å²) < 4.78 is 17.0. The number of esters is 1. The zero-order chi connectivity index (χ0) is 12.0. The number of benzene rings is 1. The van der Waals surface area contributed by atoms with Gasteiger partial charge in [0.05, 0.1) is 7.11 Å². The molecule has 0 heterocycles. The Morgan fingerprint density at radius 1 is 1.44 bits per heavy atom. The molecule has 0 spiro atoms. The van der Waals surface area contributed by atoms with Crippen molar-refractivity contribution in [3.05, 3.63) is 35.6 Å². The van der Waals surface area contributed by atoms with E-state index in [9.17, 15) is 9.18 Å². The fraction of sp³-hybridized carbons (Fsp3) is 0.273. The molecule has 0 aliphatic carbocycles. The molecule has 16 heavy (non-hydrogen) atoms. The summed E-state index contributed by atoms with van der Waals surface area (Å²) >= 11 is 0. The summed E-state index contributed by atoms with van der Waals surface area (Å²) in [4.78, 5) is 11.0. The largest absolute Gasteiger partial charge is 0.464 e. The van der Waals surface area contributed by atoms with Gasteiger partial charge in [-0.1, -0.05) is 17.3 Å². The van der Waals surface area contributed by atoms with E-state index >= 15 is 0 Å². The lowest BCUT2D eigenvalue weighted by Gasteiger charge is -2.02. The number of oxime groups is 1. The molecule has 1 N–H and O–H groups in total. The summed E-state index contributed by atoms with van der Waals surface area (Å²) in [5.74, 6) is -0.975. The Morgan fingerprint density at radius 3 is 2.56 bits per heavy atom. The van der Waals surface area contributed by atoms with E-state index in [0.717, 1.165) is 5.56 Å². The van der Waals surface area contributed by atoms with E-state index in [0.29, 0.717) is 6.42 Å². The second kappa shape index (κ2) is 5.85. The van der Waals surface area contributed by atoms with E-state index in [4.69, 9.17) is 5.21 Å². The van der Waals surface area contributed by atoms with Gasteiger partial charge in [-0.3, -0.25) is 0 Å². The SMILES string of the molecule is COC(=O)C(CCc1ccc(F)cc1)=NO. The number of hydrogen-bond donors (Lipinski definition) is 1. The van der Waals surface area contributed by atoms with Gasteiger partial charge in [-0.15, -0.1) is 0 Å². The fourth-order valence-corrected chi connectivity index (χ4v) is 1.22. The van der Waals surface area contributed by atoms with E-state index in [2.05, 4.69) is 9.89 Å². The quantitative estimate of drug-likeness (QED) is 0.367. The molecule has 1 aromatic carbocycles. The van der Waals surface area contributed by atoms with Gasteiger partial charge in [0.15, 0.2) is 5.71 Å². The molecule has 0 atom stereocenters. The first-order valence-electron chi connectivity index (χ1n) is 4.71. The molecule has 4 nitrogen and oxygen atoms in total. The van der Waals surface area contributed by atoms with Gasteiger partial charge in [0, 0.05) is 6.42 Å². The molecule has 0 aliphatic rings. The third kappa shape index (κ3) is 3.34. The van der Waals surface area contributed by atoms with Crippen LogP contribution in [-0.2, 0) is 16.0 Å². The van der Waals surface area contributed by atoms with E-state index < -0.39 is 5.97 Å². The van der Waals surface area contributed by atoms with E-state index in [1.54, 1.807) is 12.1 Å². The molecule has 1 aromatic rings. The zero-order valence-corrected chi connectivity index (χ0v) is 8.81. The third-order valence-corrected chi connectivity index (χ3v) is 2.11. The van der Waals surface area contributed by atoms with Crippen LogP contribution in [0.15, 0.2) is 29.4 Å². The van der Waals surface area contributed by atoms with Crippen molar-refractivity contribution in [2.75, 3.05) is 7.11 Å². The van der Waals surface area contributed by atoms with Crippen LogP contribution in [-0.4, -0.2) is 24.0 Å². The Morgan fingerprint density at radius 2 is 2.06 bits per heavy atom. The highest BCUT2D eigenvalue weighted by atomic mass is 19.1. The molecule has 0 saturated carbocycles. The second-order valence-corrected chi connectivity index (χ2v) is 3.16. The van der Waals surface area contributed by atoms with Gasteiger partial charge in [-0.2, -0.15) is 0 Å². The normalized spacial score (nSPS) is 11.2. The van der Waals surface area contributed by atoms with Crippen LogP contribution >= 0.6 is 0 Å². The molecule has 86 valence electrons. The van der Waals surface area contributed by atoms with Crippen LogP contribution in [0.1, 0.15) is 12.0 Å². The third-order valence-electron chi connectivity index (χ3n) is 2.11. The molecule has 5 heteroatoms. The van der Waals surface area contributed by atoms with Crippen LogP contribution in [0.5, 0.6) is 0 Å². The number of carbonyl (C=O) groups is 1. The first kappa shape index (κ1) is 12.2. The Balaban J connectivity index is 2.57. The lowest BCUT2D eigenvalue weighted by Crippen LogP contribution is -2.16. The number of halogens is 1. The lowest BCUT2D eigenvalue weighted by molar-refractivity contribution is -0.133. The number of hydrogen-bond acceptors (Lipinski definition) is 4. The molecule has 0 aliphatic heterocycles. The van der Waals surface area contributed by atoms with Crippen LogP contribution in [0, 0.1) is 5.82 Å². The van der Waals surface area contributed by atoms with Crippen molar-refractivity contribution in [3.8, 4) is 0 Å². The molecule has 0 aromatic heterocycles. The summed E-state index contributed by atoms with van der Waals surface area (Å²) in [5, 5.41) is 11.4. The fourth-order valence-electron chi connectivity index (χ4n) is 1.22. The second-order valence-electron chi connectivity index (χ2n) is 3.16. The van der Waals surface area contributed by atoms with Gasteiger partial charge in [0.1, 0.15) is 5.82 Å². The van der Waals surface area contributed by atoms with Crippen LogP contribution in [0.2, 0.25) is 0 Å². The van der Waals surface area contributed by atoms with Gasteiger partial charge in [-0.25, -0.2) is 9.18 Å². The maximum Gasteiger partial charge on any atom is 0.355 e. The number of nitrogens with zero attached hydrogens (tertiary/aromatic N) is 1. The van der Waals surface area contributed by atoms with Gasteiger partial charge >= 0.3 is 5.97 Å². The topological polar surface area (TPSA) is 58.9 Å². The molecule has 0 unspecified atom stereocenters. The van der Waals surface area contributed by atoms with Crippen molar-refractivity contribution in [2.45, 2.75) is 12.8 Å². The Bertz CT molecular complexity index is 387. The van der Waals surface area contributed by atoms with Gasteiger partial charge < -0.3 is 9.94 Å². The highest BCUT2D eigenvalue weighted by Crippen LogP contribution is 2.06. The van der Waals surface area contributed by atoms with Gasteiger partial charge in [0.25, 0.3) is 0 Å². The first-order chi connectivity index (χ1) is 7.67. The predicted octanol–water partition coefficient (Wildman–Crippen LogP) is 1.76. The van der Waals surface area contributed by atoms with Crippen LogP contribution in [0.3, 0.4) is 0 Å². The predicted molar refractivity (Wildman–Crippen MR) is 56.0 cm³/mol. The molecule has 0 fully saturated rings. The van der Waals surface area contributed by atoms with Crippen molar-refractivity contribution in [1.29, 1.82) is 0 Å². The van der Waals surface area contributed by atoms with Crippen LogP contribution < -0.4 is 0 Å². The van der Waals surface area contributed by atoms with E-state index in [1.165, 1.54) is 19.2 Å². The van der Waals surface area contributed by atoms with Crippen molar-refractivity contribution < 1.29 is 19.1 Å². The zero-order valence-electron chi connectivity index (χ0n) is 8.81. The summed E-state index contributed by atoms with van der Waals surface area (Å²) in [6, 6.07) is 5.90. The maximum atomic E-state index is 12.6. The summed E-state index contributed by atoms with van der Waals surface area (Å²) in [5.41, 5.74) is 0.804. The highest BCUT2D eigenvalue weighted by Gasteiger charge is 2.12. The Labute approximate surface area is 92.3 Å². The summed E-state index contributed by atoms with van der Waals surface area (Å²) in [6.45, 7) is 0. The molecule has 0 bridgehead atoms. The van der Waals surface area contributed by atoms with E-state index in [-0.39, 0.29) is 17.9 Å². The molecule has 0 saturated heterocycles. The number of methoxy groups -OCH3 is 1. The van der Waals surface area contributed by atoms with Crippen molar-refractivity contribution in [3.63, 3.8) is 0 Å². The molecular weight excluding hydrogens is 213 g/mol. The highest BCUT2D eigenvalue weighted by molar-refractivity contribution is 6.36. The number of rotatable bonds is 4. The number of aryl methyl sites for hydroxylation is 1. The maximum absolute atomic E-state index is 12.6. The van der Waals surface area contributed by atoms with E-state index in [1.807, 2.05) is 0 Å². The molecule has 0 amide bonds. The van der Waals surface area contributed by atoms with Crippen LogP contribution in [0.25, 0.3) is 0 Å². The smallest absolute Gasteiger partial charge is 0.355 e. The minimum atomic E-state index is -0.662. The number of ether oxygens (including phenoxy) is 1. The molecule has 0 radical (unpaired) electrons. The van der Waals surface area contributed by atoms with Crippen LogP contribution in [0.4, 0.5) is 4.39 Å². The van der Waals surface area contributed by atoms with Gasteiger partial charge in [0.2, 0.25) is 0 Å². The average molecular weight is 225 g/mol. The first-order valence-corrected chi connectivity index (χ1v) is 4.71. The van der Waals surface area contributed by atoms with Gasteiger partial charge in [-0.05, 0) is 24.1 Å². The average Bonchev–Trinajstić information content (AvgIpc) is 2.31. The Hall–Kier alpha value is -1.91. The lowest BCUT2D eigenvalue weighted by atomic mass is 10.1. The monoisotopic (exact) mass is 225 g/mol. The summed E-state index contributed by atoms with van der Waals surface area (Å²) in [6.07, 6.45) is 0.726. The Kier molecular flexibility index (Phi) is 4.44. The standard InChI is InChI=1S/C11H12FNO3/c1-16-11(14)10(13-15)7-4-8-2-5-9(12)6-3-8/h2-3,5-6,15H,4,7H2,1H3. The summed E-state index contributed by atoms with van der Waals surface area (Å²) in [7, 11) is 1.21. The molecular formula is C11H12FNO3. The van der Waals surface area contributed by atoms with Crippen molar-refractivity contribution in [1.82, 2.24) is 0 Å². The minimum absolute atomic E-state index is 0.0492. The van der Waals surface area contributed by atoms with Crippen molar-refractivity contribution in [2.24, 2.45) is 5.16 Å². The van der Waals surface area contributed by atoms with Crippen molar-refractivity contribution >= 4 is 11.7 Å². The number of carbonyl (C=O) groups excluding carboxylic acids is 1.